The number of esters is 1. The first kappa shape index (κ1) is 31.8. The number of ether oxygens (including phenoxy) is 5. The zero-order chi connectivity index (χ0) is 31.8. The Morgan fingerprint density at radius 1 is 0.822 bits per heavy atom. The van der Waals surface area contributed by atoms with E-state index in [0.717, 1.165) is 16.7 Å². The normalized spacial score (nSPS) is 21.5. The lowest BCUT2D eigenvalue weighted by Gasteiger charge is -2.43. The highest BCUT2D eigenvalue weighted by Crippen LogP contribution is 2.41. The Kier molecular flexibility index (Phi) is 10.2. The smallest absolute Gasteiger partial charge is 0.331 e. The number of hydrogen-bond acceptors (Lipinski definition) is 10. The van der Waals surface area contributed by atoms with Crippen molar-refractivity contribution < 1.29 is 43.6 Å². The maximum Gasteiger partial charge on any atom is 0.331 e. The first-order valence-electron chi connectivity index (χ1n) is 14.2. The number of carbonyl (C=O) groups is 1. The SMILES string of the molecule is COC(=O)CO[C@@H]1[C@H](O)[C@@H](Oc2ccc([N+](=O)[O-])cc2)O[C@H](COC(c2ccccc2)(c2ccccc2)c2ccccc2)[C@H]1O. The number of hydrogen-bond donors (Lipinski definition) is 2. The van der Waals surface area contributed by atoms with Gasteiger partial charge in [-0.25, -0.2) is 4.79 Å². The summed E-state index contributed by atoms with van der Waals surface area (Å²) >= 11 is 0. The van der Waals surface area contributed by atoms with Crippen LogP contribution in [0.4, 0.5) is 5.69 Å². The van der Waals surface area contributed by atoms with Crippen molar-refractivity contribution in [3.8, 4) is 5.75 Å². The summed E-state index contributed by atoms with van der Waals surface area (Å²) in [7, 11) is 1.19. The van der Waals surface area contributed by atoms with Crippen molar-refractivity contribution in [2.75, 3.05) is 20.3 Å². The van der Waals surface area contributed by atoms with Gasteiger partial charge in [-0.1, -0.05) is 91.0 Å². The van der Waals surface area contributed by atoms with Gasteiger partial charge in [-0.2, -0.15) is 0 Å². The number of nitro benzene ring substituents is 1. The highest BCUT2D eigenvalue weighted by molar-refractivity contribution is 5.70. The molecule has 0 aromatic heterocycles. The van der Waals surface area contributed by atoms with E-state index in [2.05, 4.69) is 4.74 Å². The monoisotopic (exact) mass is 615 g/mol. The second-order valence-electron chi connectivity index (χ2n) is 10.3. The van der Waals surface area contributed by atoms with Crippen LogP contribution in [-0.4, -0.2) is 72.1 Å². The molecular weight excluding hydrogens is 582 g/mol. The van der Waals surface area contributed by atoms with E-state index in [4.69, 9.17) is 18.9 Å². The number of rotatable bonds is 12. The highest BCUT2D eigenvalue weighted by Gasteiger charge is 2.48. The second kappa shape index (κ2) is 14.4. The molecule has 234 valence electrons. The van der Waals surface area contributed by atoms with Crippen molar-refractivity contribution in [3.05, 3.63) is 142 Å². The van der Waals surface area contributed by atoms with Crippen LogP contribution in [0, 0.1) is 10.1 Å². The third-order valence-corrected chi connectivity index (χ3v) is 7.57. The molecule has 5 rings (SSSR count). The molecule has 1 saturated heterocycles. The third-order valence-electron chi connectivity index (χ3n) is 7.57. The fourth-order valence-electron chi connectivity index (χ4n) is 5.31. The van der Waals surface area contributed by atoms with E-state index in [1.165, 1.54) is 31.4 Å². The van der Waals surface area contributed by atoms with Gasteiger partial charge in [-0.05, 0) is 28.8 Å². The van der Waals surface area contributed by atoms with Gasteiger partial charge in [-0.15, -0.1) is 0 Å². The molecule has 0 amide bonds. The first-order chi connectivity index (χ1) is 21.8. The number of non-ortho nitro benzene ring substituents is 1. The van der Waals surface area contributed by atoms with Gasteiger partial charge in [0.1, 0.15) is 42.4 Å². The van der Waals surface area contributed by atoms with Gasteiger partial charge in [0.25, 0.3) is 5.69 Å². The topological polar surface area (TPSA) is 147 Å². The molecule has 0 saturated carbocycles. The van der Waals surface area contributed by atoms with Crippen molar-refractivity contribution in [2.24, 2.45) is 0 Å². The largest absolute Gasteiger partial charge is 0.467 e. The minimum absolute atomic E-state index is 0.146. The van der Waals surface area contributed by atoms with Gasteiger partial charge in [-0.3, -0.25) is 10.1 Å². The van der Waals surface area contributed by atoms with E-state index in [1.807, 2.05) is 91.0 Å². The molecule has 11 heteroatoms. The van der Waals surface area contributed by atoms with Crippen molar-refractivity contribution in [3.63, 3.8) is 0 Å². The van der Waals surface area contributed by atoms with Crippen molar-refractivity contribution in [1.82, 2.24) is 0 Å². The Hall–Kier alpha value is -4.65. The summed E-state index contributed by atoms with van der Waals surface area (Å²) < 4.78 is 29.1. The minimum Gasteiger partial charge on any atom is -0.467 e. The van der Waals surface area contributed by atoms with Crippen LogP contribution in [0.3, 0.4) is 0 Å². The average molecular weight is 616 g/mol. The van der Waals surface area contributed by atoms with E-state index in [-0.39, 0.29) is 18.0 Å². The molecule has 1 heterocycles. The zero-order valence-corrected chi connectivity index (χ0v) is 24.4. The molecule has 0 aliphatic carbocycles. The number of nitro groups is 1. The van der Waals surface area contributed by atoms with Crippen molar-refractivity contribution in [2.45, 2.75) is 36.3 Å². The lowest BCUT2D eigenvalue weighted by atomic mass is 9.80. The van der Waals surface area contributed by atoms with Crippen LogP contribution in [0.2, 0.25) is 0 Å². The van der Waals surface area contributed by atoms with Crippen LogP contribution in [-0.2, 0) is 29.3 Å². The summed E-state index contributed by atoms with van der Waals surface area (Å²) in [5.41, 5.74) is 1.19. The van der Waals surface area contributed by atoms with Crippen LogP contribution >= 0.6 is 0 Å². The Balaban J connectivity index is 1.49. The quantitative estimate of drug-likeness (QED) is 0.104. The molecule has 1 aliphatic heterocycles. The molecule has 1 aliphatic rings. The lowest BCUT2D eigenvalue weighted by molar-refractivity contribution is -0.384. The summed E-state index contributed by atoms with van der Waals surface area (Å²) in [6.45, 7) is -0.750. The van der Waals surface area contributed by atoms with Gasteiger partial charge in [0.2, 0.25) is 6.29 Å². The van der Waals surface area contributed by atoms with Gasteiger partial charge in [0, 0.05) is 12.1 Å². The standard InChI is InChI=1S/C34H33NO10/c1-41-29(36)22-42-32-30(37)28(45-33(31(32)38)44-27-19-17-26(18-20-27)35(39)40)21-43-34(23-11-5-2-6-12-23,24-13-7-3-8-14-24)25-15-9-4-10-16-25/h2-20,28,30-33,37-38H,21-22H2,1H3/t28-,30-,31+,32+,33+/m1/s1. The predicted molar refractivity (Wildman–Crippen MR) is 161 cm³/mol. The molecule has 2 N–H and O–H groups in total. The lowest BCUT2D eigenvalue weighted by Crippen LogP contribution is -2.61. The predicted octanol–water partition coefficient (Wildman–Crippen LogP) is 3.99. The molecule has 0 unspecified atom stereocenters. The van der Waals surface area contributed by atoms with E-state index >= 15 is 0 Å². The summed E-state index contributed by atoms with van der Waals surface area (Å²) in [6, 6.07) is 34.1. The van der Waals surface area contributed by atoms with Gasteiger partial charge in [0.05, 0.1) is 18.6 Å². The molecule has 5 atom stereocenters. The summed E-state index contributed by atoms with van der Waals surface area (Å²) in [6.07, 6.45) is -6.87. The van der Waals surface area contributed by atoms with E-state index in [1.54, 1.807) is 0 Å². The third kappa shape index (κ3) is 7.03. The molecule has 0 spiro atoms. The molecule has 1 fully saturated rings. The second-order valence-corrected chi connectivity index (χ2v) is 10.3. The fraction of sp³-hybridized carbons (Fsp3) is 0.265. The zero-order valence-electron chi connectivity index (χ0n) is 24.4. The number of methoxy groups -OCH3 is 1. The fourth-order valence-corrected chi connectivity index (χ4v) is 5.31. The Bertz CT molecular complexity index is 1440. The molecule has 11 nitrogen and oxygen atoms in total. The number of aliphatic hydroxyl groups excluding tert-OH is 2. The summed E-state index contributed by atoms with van der Waals surface area (Å²) in [5, 5.41) is 33.6. The molecule has 4 aromatic carbocycles. The van der Waals surface area contributed by atoms with E-state index in [9.17, 15) is 25.1 Å². The maximum atomic E-state index is 11.9. The van der Waals surface area contributed by atoms with E-state index in [0.29, 0.717) is 0 Å². The number of aliphatic hydroxyl groups is 2. The summed E-state index contributed by atoms with van der Waals surface area (Å²) in [4.78, 5) is 22.4. The Labute approximate surface area is 259 Å². The molecule has 0 radical (unpaired) electrons. The van der Waals surface area contributed by atoms with Crippen LogP contribution < -0.4 is 4.74 Å². The van der Waals surface area contributed by atoms with Gasteiger partial charge >= 0.3 is 5.97 Å². The molecule has 4 aromatic rings. The highest BCUT2D eigenvalue weighted by atomic mass is 16.7. The first-order valence-corrected chi connectivity index (χ1v) is 14.2. The number of carbonyl (C=O) groups excluding carboxylic acids is 1. The van der Waals surface area contributed by atoms with Crippen LogP contribution in [0.25, 0.3) is 0 Å². The van der Waals surface area contributed by atoms with E-state index < -0.39 is 53.8 Å². The van der Waals surface area contributed by atoms with Crippen molar-refractivity contribution >= 4 is 11.7 Å². The summed E-state index contributed by atoms with van der Waals surface area (Å²) in [5.74, 6) is -0.544. The van der Waals surface area contributed by atoms with Crippen molar-refractivity contribution in [1.29, 1.82) is 0 Å². The minimum atomic E-state index is -1.56. The maximum absolute atomic E-state index is 11.9. The number of benzene rings is 4. The van der Waals surface area contributed by atoms with Gasteiger partial charge < -0.3 is 33.9 Å². The molecule has 45 heavy (non-hydrogen) atoms. The van der Waals surface area contributed by atoms with Crippen LogP contribution in [0.1, 0.15) is 16.7 Å². The van der Waals surface area contributed by atoms with Gasteiger partial charge in [0.15, 0.2) is 0 Å². The number of nitrogens with zero attached hydrogens (tertiary/aromatic N) is 1. The molecular formula is C34H33NO10. The average Bonchev–Trinajstić information content (AvgIpc) is 3.08. The van der Waals surface area contributed by atoms with Crippen LogP contribution in [0.15, 0.2) is 115 Å². The Morgan fingerprint density at radius 3 is 1.80 bits per heavy atom. The molecule has 0 bridgehead atoms. The van der Waals surface area contributed by atoms with Crippen LogP contribution in [0.5, 0.6) is 5.75 Å². The Morgan fingerprint density at radius 2 is 1.33 bits per heavy atom.